The van der Waals surface area contributed by atoms with Crippen LogP contribution >= 0.6 is 0 Å². The van der Waals surface area contributed by atoms with Crippen LogP contribution in [0.15, 0.2) is 0 Å². The quantitative estimate of drug-likeness (QED) is 0.768. The molecule has 0 radical (unpaired) electrons. The van der Waals surface area contributed by atoms with Crippen molar-refractivity contribution in [2.75, 3.05) is 39.4 Å². The fourth-order valence-electron chi connectivity index (χ4n) is 2.70. The van der Waals surface area contributed by atoms with Gasteiger partial charge in [-0.15, -0.1) is 0 Å². The van der Waals surface area contributed by atoms with Crippen molar-refractivity contribution in [2.45, 2.75) is 25.3 Å². The number of carbonyl (C=O) groups is 2. The van der Waals surface area contributed by atoms with Crippen LogP contribution < -0.4 is 5.32 Å². The summed E-state index contributed by atoms with van der Waals surface area (Å²) >= 11 is 0. The van der Waals surface area contributed by atoms with Gasteiger partial charge in [0, 0.05) is 38.1 Å². The minimum atomic E-state index is -0.0194. The number of morpholine rings is 1. The lowest BCUT2D eigenvalue weighted by Gasteiger charge is -2.28. The number of amides is 3. The predicted octanol–water partition coefficient (Wildman–Crippen LogP) is 0.0391. The van der Waals surface area contributed by atoms with Crippen molar-refractivity contribution in [3.05, 3.63) is 0 Å². The molecular formula is C13H21N3O3. The van der Waals surface area contributed by atoms with E-state index in [0.29, 0.717) is 32.8 Å². The second kappa shape index (κ2) is 5.36. The number of urea groups is 1. The predicted molar refractivity (Wildman–Crippen MR) is 68.6 cm³/mol. The van der Waals surface area contributed by atoms with Gasteiger partial charge in [0.1, 0.15) is 0 Å². The molecule has 2 aliphatic heterocycles. The lowest BCUT2D eigenvalue weighted by Crippen LogP contribution is -2.50. The highest BCUT2D eigenvalue weighted by atomic mass is 16.5. The molecule has 2 saturated heterocycles. The van der Waals surface area contributed by atoms with Gasteiger partial charge < -0.3 is 19.9 Å². The van der Waals surface area contributed by atoms with Crippen LogP contribution in [-0.2, 0) is 9.53 Å². The van der Waals surface area contributed by atoms with Gasteiger partial charge in [0.2, 0.25) is 5.91 Å². The molecule has 6 heteroatoms. The summed E-state index contributed by atoms with van der Waals surface area (Å²) in [5.74, 6) is 0.553. The number of nitrogens with zero attached hydrogens (tertiary/aromatic N) is 2. The Morgan fingerprint density at radius 2 is 1.74 bits per heavy atom. The second-order valence-electron chi connectivity index (χ2n) is 5.59. The van der Waals surface area contributed by atoms with Crippen LogP contribution in [0.2, 0.25) is 0 Å². The number of carbonyl (C=O) groups excluding carboxylic acids is 2. The Kier molecular flexibility index (Phi) is 3.59. The SMILES string of the molecule is O=C(NC1CCN(C(=O)C2CC2)C1)N1CCOCC1. The largest absolute Gasteiger partial charge is 0.378 e. The molecule has 0 spiro atoms. The average molecular weight is 267 g/mol. The maximum atomic E-state index is 12.0. The molecule has 0 aromatic heterocycles. The van der Waals surface area contributed by atoms with E-state index < -0.39 is 0 Å². The van der Waals surface area contributed by atoms with E-state index in [1.54, 1.807) is 4.90 Å². The first kappa shape index (κ1) is 12.7. The van der Waals surface area contributed by atoms with E-state index in [2.05, 4.69) is 5.32 Å². The summed E-state index contributed by atoms with van der Waals surface area (Å²) in [5.41, 5.74) is 0. The van der Waals surface area contributed by atoms with Crippen molar-refractivity contribution in [2.24, 2.45) is 5.92 Å². The Bertz CT molecular complexity index is 364. The van der Waals surface area contributed by atoms with Crippen LogP contribution in [0.4, 0.5) is 4.79 Å². The molecule has 106 valence electrons. The third-order valence-electron chi connectivity index (χ3n) is 4.05. The molecule has 3 aliphatic rings. The van der Waals surface area contributed by atoms with Crippen molar-refractivity contribution in [1.82, 2.24) is 15.1 Å². The van der Waals surface area contributed by atoms with Gasteiger partial charge in [-0.2, -0.15) is 0 Å². The zero-order valence-electron chi connectivity index (χ0n) is 11.1. The minimum Gasteiger partial charge on any atom is -0.378 e. The second-order valence-corrected chi connectivity index (χ2v) is 5.59. The van der Waals surface area contributed by atoms with Crippen LogP contribution in [-0.4, -0.2) is 67.2 Å². The highest BCUT2D eigenvalue weighted by Gasteiger charge is 2.37. The first-order valence-electron chi connectivity index (χ1n) is 7.16. The molecule has 1 saturated carbocycles. The van der Waals surface area contributed by atoms with E-state index in [1.165, 1.54) is 0 Å². The topological polar surface area (TPSA) is 61.9 Å². The smallest absolute Gasteiger partial charge is 0.317 e. The maximum absolute atomic E-state index is 12.0. The van der Waals surface area contributed by atoms with Gasteiger partial charge in [-0.25, -0.2) is 4.79 Å². The normalized spacial score (nSPS) is 27.5. The Balaban J connectivity index is 1.45. The van der Waals surface area contributed by atoms with E-state index in [0.717, 1.165) is 25.8 Å². The first-order valence-corrected chi connectivity index (χ1v) is 7.16. The van der Waals surface area contributed by atoms with E-state index in [4.69, 9.17) is 4.74 Å². The standard InChI is InChI=1S/C13H21N3O3/c17-12(10-1-2-10)16-4-3-11(9-16)14-13(18)15-5-7-19-8-6-15/h10-11H,1-9H2,(H,14,18). The molecule has 1 unspecified atom stereocenters. The molecule has 3 fully saturated rings. The van der Waals surface area contributed by atoms with Crippen LogP contribution in [0.25, 0.3) is 0 Å². The molecular weight excluding hydrogens is 246 g/mol. The first-order chi connectivity index (χ1) is 9.24. The molecule has 3 amide bonds. The van der Waals surface area contributed by atoms with E-state index in [-0.39, 0.29) is 23.9 Å². The van der Waals surface area contributed by atoms with Gasteiger partial charge in [-0.1, -0.05) is 0 Å². The molecule has 0 aromatic carbocycles. The molecule has 1 aliphatic carbocycles. The van der Waals surface area contributed by atoms with Gasteiger partial charge in [0.05, 0.1) is 13.2 Å². The molecule has 0 aromatic rings. The Morgan fingerprint density at radius 1 is 1.00 bits per heavy atom. The molecule has 2 heterocycles. The van der Waals surface area contributed by atoms with Crippen LogP contribution in [0.1, 0.15) is 19.3 Å². The van der Waals surface area contributed by atoms with E-state index in [1.807, 2.05) is 4.90 Å². The highest BCUT2D eigenvalue weighted by Crippen LogP contribution is 2.32. The maximum Gasteiger partial charge on any atom is 0.317 e. The summed E-state index contributed by atoms with van der Waals surface area (Å²) in [6, 6.07) is 0.0899. The molecule has 1 atom stereocenters. The lowest BCUT2D eigenvalue weighted by molar-refractivity contribution is -0.131. The number of hydrogen-bond donors (Lipinski definition) is 1. The summed E-state index contributed by atoms with van der Waals surface area (Å²) in [5, 5.41) is 3.03. The van der Waals surface area contributed by atoms with Crippen LogP contribution in [0.5, 0.6) is 0 Å². The Hall–Kier alpha value is -1.30. The molecule has 6 nitrogen and oxygen atoms in total. The Labute approximate surface area is 113 Å². The summed E-state index contributed by atoms with van der Waals surface area (Å²) in [6.07, 6.45) is 2.95. The number of nitrogens with one attached hydrogen (secondary N) is 1. The van der Waals surface area contributed by atoms with Crippen LogP contribution in [0.3, 0.4) is 0 Å². The molecule has 3 rings (SSSR count). The van der Waals surface area contributed by atoms with Crippen LogP contribution in [0, 0.1) is 5.92 Å². The minimum absolute atomic E-state index is 0.0194. The monoisotopic (exact) mass is 267 g/mol. The van der Waals surface area contributed by atoms with Gasteiger partial charge in [0.15, 0.2) is 0 Å². The highest BCUT2D eigenvalue weighted by molar-refractivity contribution is 5.81. The molecule has 19 heavy (non-hydrogen) atoms. The van der Waals surface area contributed by atoms with Crippen molar-refractivity contribution >= 4 is 11.9 Å². The average Bonchev–Trinajstić information content (AvgIpc) is 3.19. The summed E-state index contributed by atoms with van der Waals surface area (Å²) in [7, 11) is 0. The van der Waals surface area contributed by atoms with Crippen molar-refractivity contribution < 1.29 is 14.3 Å². The summed E-state index contributed by atoms with van der Waals surface area (Å²) in [6.45, 7) is 4.00. The number of likely N-dealkylation sites (tertiary alicyclic amines) is 1. The third-order valence-corrected chi connectivity index (χ3v) is 4.05. The van der Waals surface area contributed by atoms with Gasteiger partial charge in [-0.05, 0) is 19.3 Å². The van der Waals surface area contributed by atoms with E-state index >= 15 is 0 Å². The third kappa shape index (κ3) is 3.00. The van der Waals surface area contributed by atoms with Gasteiger partial charge in [-0.3, -0.25) is 4.79 Å². The number of ether oxygens (including phenoxy) is 1. The molecule has 0 bridgehead atoms. The van der Waals surface area contributed by atoms with Crippen molar-refractivity contribution in [3.8, 4) is 0 Å². The molecule has 1 N–H and O–H groups in total. The Morgan fingerprint density at radius 3 is 2.42 bits per heavy atom. The van der Waals surface area contributed by atoms with Crippen molar-refractivity contribution in [1.29, 1.82) is 0 Å². The lowest BCUT2D eigenvalue weighted by atomic mass is 10.3. The van der Waals surface area contributed by atoms with Gasteiger partial charge in [0.25, 0.3) is 0 Å². The van der Waals surface area contributed by atoms with Gasteiger partial charge >= 0.3 is 6.03 Å². The number of rotatable bonds is 2. The zero-order valence-corrected chi connectivity index (χ0v) is 11.1. The summed E-state index contributed by atoms with van der Waals surface area (Å²) in [4.78, 5) is 27.7. The fraction of sp³-hybridized carbons (Fsp3) is 0.846. The fourth-order valence-corrected chi connectivity index (χ4v) is 2.70. The number of hydrogen-bond acceptors (Lipinski definition) is 3. The van der Waals surface area contributed by atoms with E-state index in [9.17, 15) is 9.59 Å². The van der Waals surface area contributed by atoms with Crippen molar-refractivity contribution in [3.63, 3.8) is 0 Å². The zero-order chi connectivity index (χ0) is 13.2. The summed E-state index contributed by atoms with van der Waals surface area (Å²) < 4.78 is 5.23.